The third-order valence-electron chi connectivity index (χ3n) is 4.06. The summed E-state index contributed by atoms with van der Waals surface area (Å²) in [5.41, 5.74) is -0.458. The predicted octanol–water partition coefficient (Wildman–Crippen LogP) is 3.92. The van der Waals surface area contributed by atoms with Crippen LogP contribution in [-0.2, 0) is 14.3 Å². The second kappa shape index (κ2) is 8.94. The molecular weight excluding hydrogens is 294 g/mol. The van der Waals surface area contributed by atoms with Crippen molar-refractivity contribution < 1.29 is 19.1 Å². The van der Waals surface area contributed by atoms with E-state index in [0.29, 0.717) is 12.5 Å². The number of ether oxygens (including phenoxy) is 2. The van der Waals surface area contributed by atoms with Crippen molar-refractivity contribution in [3.05, 3.63) is 12.2 Å². The van der Waals surface area contributed by atoms with Crippen molar-refractivity contribution in [3.63, 3.8) is 0 Å². The van der Waals surface area contributed by atoms with Gasteiger partial charge in [-0.1, -0.05) is 6.08 Å². The Morgan fingerprint density at radius 1 is 1.17 bits per heavy atom. The molecule has 0 radical (unpaired) electrons. The number of hydrogen-bond acceptors (Lipinski definition) is 4. The smallest absolute Gasteiger partial charge is 0.410 e. The summed E-state index contributed by atoms with van der Waals surface area (Å²) in [6.07, 6.45) is 8.14. The Balaban J connectivity index is 2.34. The SMILES string of the molecule is CCOC(=O)/C=C/CC1CCC(N(C)C(=O)OC(C)(C)C)CC1. The van der Waals surface area contributed by atoms with Crippen molar-refractivity contribution in [2.24, 2.45) is 5.92 Å². The minimum Gasteiger partial charge on any atom is -0.463 e. The first-order valence-electron chi connectivity index (χ1n) is 8.52. The van der Waals surface area contributed by atoms with Gasteiger partial charge in [-0.3, -0.25) is 0 Å². The quantitative estimate of drug-likeness (QED) is 0.568. The number of allylic oxidation sites excluding steroid dienone is 1. The molecule has 0 aromatic carbocycles. The van der Waals surface area contributed by atoms with E-state index in [-0.39, 0.29) is 18.1 Å². The molecule has 1 aliphatic rings. The molecule has 1 fully saturated rings. The zero-order valence-corrected chi connectivity index (χ0v) is 15.1. The van der Waals surface area contributed by atoms with Crippen LogP contribution in [0.2, 0.25) is 0 Å². The molecule has 0 aromatic rings. The number of esters is 1. The van der Waals surface area contributed by atoms with Crippen molar-refractivity contribution in [2.75, 3.05) is 13.7 Å². The molecule has 0 unspecified atom stereocenters. The van der Waals surface area contributed by atoms with Crippen molar-refractivity contribution in [1.29, 1.82) is 0 Å². The molecule has 0 saturated heterocycles. The van der Waals surface area contributed by atoms with Gasteiger partial charge in [-0.25, -0.2) is 9.59 Å². The Morgan fingerprint density at radius 3 is 2.30 bits per heavy atom. The highest BCUT2D eigenvalue weighted by molar-refractivity contribution is 5.81. The summed E-state index contributed by atoms with van der Waals surface area (Å²) in [5.74, 6) is 0.301. The van der Waals surface area contributed by atoms with Gasteiger partial charge in [0.15, 0.2) is 0 Å². The van der Waals surface area contributed by atoms with Crippen molar-refractivity contribution >= 4 is 12.1 Å². The summed E-state index contributed by atoms with van der Waals surface area (Å²) in [6.45, 7) is 7.85. The molecule has 0 spiro atoms. The molecule has 0 heterocycles. The maximum absolute atomic E-state index is 12.1. The van der Waals surface area contributed by atoms with Crippen LogP contribution in [-0.4, -0.2) is 42.3 Å². The van der Waals surface area contributed by atoms with Crippen LogP contribution in [0.4, 0.5) is 4.79 Å². The zero-order chi connectivity index (χ0) is 17.5. The largest absolute Gasteiger partial charge is 0.463 e. The van der Waals surface area contributed by atoms with E-state index in [4.69, 9.17) is 9.47 Å². The first kappa shape index (κ1) is 19.5. The Morgan fingerprint density at radius 2 is 1.78 bits per heavy atom. The summed E-state index contributed by atoms with van der Waals surface area (Å²) in [6, 6.07) is 0.245. The fraction of sp³-hybridized carbons (Fsp3) is 0.778. The summed E-state index contributed by atoms with van der Waals surface area (Å²) >= 11 is 0. The van der Waals surface area contributed by atoms with Crippen molar-refractivity contribution in [3.8, 4) is 0 Å². The monoisotopic (exact) mass is 325 g/mol. The average molecular weight is 325 g/mol. The van der Waals surface area contributed by atoms with Gasteiger partial charge in [-0.05, 0) is 65.7 Å². The average Bonchev–Trinajstić information content (AvgIpc) is 2.46. The van der Waals surface area contributed by atoms with Crippen LogP contribution < -0.4 is 0 Å². The third kappa shape index (κ3) is 7.53. The molecule has 5 heteroatoms. The molecular formula is C18H31NO4. The number of rotatable bonds is 5. The van der Waals surface area contributed by atoms with Crippen LogP contribution in [0.3, 0.4) is 0 Å². The van der Waals surface area contributed by atoms with E-state index in [1.807, 2.05) is 33.9 Å². The molecule has 23 heavy (non-hydrogen) atoms. The van der Waals surface area contributed by atoms with Crippen molar-refractivity contribution in [1.82, 2.24) is 4.90 Å². The van der Waals surface area contributed by atoms with Gasteiger partial charge < -0.3 is 14.4 Å². The highest BCUT2D eigenvalue weighted by Gasteiger charge is 2.28. The molecule has 1 amide bonds. The van der Waals surface area contributed by atoms with E-state index < -0.39 is 5.60 Å². The lowest BCUT2D eigenvalue weighted by atomic mass is 9.83. The van der Waals surface area contributed by atoms with E-state index in [1.165, 1.54) is 6.08 Å². The minimum absolute atomic E-state index is 0.245. The molecule has 1 rings (SSSR count). The second-order valence-corrected chi connectivity index (χ2v) is 7.16. The molecule has 5 nitrogen and oxygen atoms in total. The molecule has 0 aromatic heterocycles. The highest BCUT2D eigenvalue weighted by atomic mass is 16.6. The van der Waals surface area contributed by atoms with Gasteiger partial charge in [0.25, 0.3) is 0 Å². The number of nitrogens with zero attached hydrogens (tertiary/aromatic N) is 1. The first-order chi connectivity index (χ1) is 10.7. The van der Waals surface area contributed by atoms with Gasteiger partial charge in [0, 0.05) is 19.2 Å². The highest BCUT2D eigenvalue weighted by Crippen LogP contribution is 2.30. The third-order valence-corrected chi connectivity index (χ3v) is 4.06. The number of amides is 1. The minimum atomic E-state index is -0.458. The van der Waals surface area contributed by atoms with E-state index in [1.54, 1.807) is 11.8 Å². The fourth-order valence-electron chi connectivity index (χ4n) is 2.80. The number of carbonyl (C=O) groups excluding carboxylic acids is 2. The lowest BCUT2D eigenvalue weighted by molar-refractivity contribution is -0.137. The molecule has 0 aliphatic heterocycles. The van der Waals surface area contributed by atoms with Gasteiger partial charge in [0.2, 0.25) is 0 Å². The van der Waals surface area contributed by atoms with Crippen LogP contribution in [0.5, 0.6) is 0 Å². The maximum Gasteiger partial charge on any atom is 0.410 e. The summed E-state index contributed by atoms with van der Waals surface area (Å²) in [7, 11) is 1.82. The van der Waals surface area contributed by atoms with Crippen LogP contribution in [0, 0.1) is 5.92 Å². The molecule has 132 valence electrons. The van der Waals surface area contributed by atoms with E-state index >= 15 is 0 Å². The molecule has 0 bridgehead atoms. The molecule has 1 aliphatic carbocycles. The van der Waals surface area contributed by atoms with Crippen molar-refractivity contribution in [2.45, 2.75) is 71.4 Å². The topological polar surface area (TPSA) is 55.8 Å². The second-order valence-electron chi connectivity index (χ2n) is 7.16. The van der Waals surface area contributed by atoms with Gasteiger partial charge in [-0.15, -0.1) is 0 Å². The van der Waals surface area contributed by atoms with Crippen LogP contribution in [0.15, 0.2) is 12.2 Å². The van der Waals surface area contributed by atoms with Gasteiger partial charge >= 0.3 is 12.1 Å². The van der Waals surface area contributed by atoms with Crippen LogP contribution >= 0.6 is 0 Å². The standard InChI is InChI=1S/C18H31NO4/c1-6-22-16(20)9-7-8-14-10-12-15(13-11-14)19(5)17(21)23-18(2,3)4/h7,9,14-15H,6,8,10-13H2,1-5H3/b9-7+. The summed E-state index contributed by atoms with van der Waals surface area (Å²) < 4.78 is 10.3. The van der Waals surface area contributed by atoms with Gasteiger partial charge in [0.05, 0.1) is 6.61 Å². The van der Waals surface area contributed by atoms with E-state index in [2.05, 4.69) is 0 Å². The van der Waals surface area contributed by atoms with Gasteiger partial charge in [0.1, 0.15) is 5.60 Å². The van der Waals surface area contributed by atoms with E-state index in [9.17, 15) is 9.59 Å². The Kier molecular flexibility index (Phi) is 7.59. The zero-order valence-electron chi connectivity index (χ0n) is 15.1. The fourth-order valence-corrected chi connectivity index (χ4v) is 2.80. The first-order valence-corrected chi connectivity index (χ1v) is 8.52. The Bertz CT molecular complexity index is 417. The lowest BCUT2D eigenvalue weighted by Crippen LogP contribution is -2.42. The lowest BCUT2D eigenvalue weighted by Gasteiger charge is -2.35. The van der Waals surface area contributed by atoms with Crippen LogP contribution in [0.25, 0.3) is 0 Å². The number of carbonyl (C=O) groups is 2. The molecule has 0 N–H and O–H groups in total. The normalized spacial score (nSPS) is 22.0. The summed E-state index contributed by atoms with van der Waals surface area (Å²) in [5, 5.41) is 0. The molecule has 1 saturated carbocycles. The predicted molar refractivity (Wildman–Crippen MR) is 90.1 cm³/mol. The Hall–Kier alpha value is -1.52. The maximum atomic E-state index is 12.1. The van der Waals surface area contributed by atoms with Crippen LogP contribution in [0.1, 0.15) is 59.8 Å². The molecule has 0 atom stereocenters. The summed E-state index contributed by atoms with van der Waals surface area (Å²) in [4.78, 5) is 25.1. The van der Waals surface area contributed by atoms with E-state index in [0.717, 1.165) is 32.1 Å². The number of hydrogen-bond donors (Lipinski definition) is 0. The Labute approximate surface area is 140 Å². The van der Waals surface area contributed by atoms with Gasteiger partial charge in [-0.2, -0.15) is 0 Å².